The summed E-state index contributed by atoms with van der Waals surface area (Å²) >= 11 is 0. The van der Waals surface area contributed by atoms with Gasteiger partial charge in [-0.15, -0.1) is 0 Å². The summed E-state index contributed by atoms with van der Waals surface area (Å²) < 4.78 is 0. The summed E-state index contributed by atoms with van der Waals surface area (Å²) in [6.45, 7) is 9.20. The maximum atomic E-state index is 7.41. The molecule has 0 saturated carbocycles. The van der Waals surface area contributed by atoms with E-state index < -0.39 is 0 Å². The van der Waals surface area contributed by atoms with E-state index in [1.165, 1.54) is 6.21 Å². The maximum Gasteiger partial charge on any atom is 0.122 e. The van der Waals surface area contributed by atoms with Gasteiger partial charge in [0.15, 0.2) is 0 Å². The van der Waals surface area contributed by atoms with E-state index in [0.717, 1.165) is 28.1 Å². The Bertz CT molecular complexity index is 845. The molecule has 27 heavy (non-hydrogen) atoms. The van der Waals surface area contributed by atoms with Crippen molar-refractivity contribution in [2.75, 3.05) is 23.7 Å². The van der Waals surface area contributed by atoms with Gasteiger partial charge in [-0.2, -0.15) is 0 Å². The lowest BCUT2D eigenvalue weighted by Gasteiger charge is -2.10. The second-order valence-corrected chi connectivity index (χ2v) is 6.05. The molecule has 6 N–H and O–H groups in total. The number of anilines is 2. The van der Waals surface area contributed by atoms with Crippen LogP contribution in [0.4, 0.5) is 11.4 Å². The summed E-state index contributed by atoms with van der Waals surface area (Å²) in [7, 11) is 0. The van der Waals surface area contributed by atoms with E-state index in [2.05, 4.69) is 23.8 Å². The highest BCUT2D eigenvalue weighted by Gasteiger charge is 1.99. The van der Waals surface area contributed by atoms with Crippen LogP contribution in [0.2, 0.25) is 0 Å². The Morgan fingerprint density at radius 1 is 0.963 bits per heavy atom. The number of hydrogen-bond donors (Lipinski definition) is 5. The lowest BCUT2D eigenvalue weighted by atomic mass is 10.1. The summed E-state index contributed by atoms with van der Waals surface area (Å²) in [6.07, 6.45) is 5.13. The maximum absolute atomic E-state index is 7.41. The van der Waals surface area contributed by atoms with Crippen LogP contribution in [0.25, 0.3) is 0 Å². The van der Waals surface area contributed by atoms with Crippen molar-refractivity contribution in [1.29, 1.82) is 10.8 Å². The monoisotopic (exact) mass is 359 g/mol. The molecular formula is C22H25N5. The SMILES string of the molecule is C=C/C(=C\C(=C)CNc1ccc(C=N)cc1)CNc1ccc(C(=N)N)cc1. The molecule has 138 valence electrons. The second kappa shape index (κ2) is 9.77. The van der Waals surface area contributed by atoms with E-state index in [-0.39, 0.29) is 5.84 Å². The molecule has 0 bridgehead atoms. The van der Waals surface area contributed by atoms with Crippen LogP contribution in [0.1, 0.15) is 11.1 Å². The lowest BCUT2D eigenvalue weighted by Crippen LogP contribution is -2.11. The summed E-state index contributed by atoms with van der Waals surface area (Å²) in [6, 6.07) is 15.1. The molecular weight excluding hydrogens is 334 g/mol. The van der Waals surface area contributed by atoms with Crippen LogP contribution in [-0.2, 0) is 0 Å². The van der Waals surface area contributed by atoms with Crippen LogP contribution in [0.5, 0.6) is 0 Å². The first-order valence-electron chi connectivity index (χ1n) is 8.55. The number of amidine groups is 1. The Morgan fingerprint density at radius 3 is 2.04 bits per heavy atom. The molecule has 0 aromatic heterocycles. The Kier molecular flexibility index (Phi) is 7.14. The molecule has 0 atom stereocenters. The highest BCUT2D eigenvalue weighted by molar-refractivity contribution is 5.95. The third-order valence-electron chi connectivity index (χ3n) is 3.94. The molecule has 5 nitrogen and oxygen atoms in total. The van der Waals surface area contributed by atoms with Crippen LogP contribution in [-0.4, -0.2) is 25.1 Å². The van der Waals surface area contributed by atoms with Crippen molar-refractivity contribution in [3.63, 3.8) is 0 Å². The predicted molar refractivity (Wildman–Crippen MR) is 116 cm³/mol. The first-order valence-corrected chi connectivity index (χ1v) is 8.55. The summed E-state index contributed by atoms with van der Waals surface area (Å²) in [4.78, 5) is 0. The fourth-order valence-electron chi connectivity index (χ4n) is 2.38. The van der Waals surface area contributed by atoms with Crippen molar-refractivity contribution in [2.24, 2.45) is 5.73 Å². The van der Waals surface area contributed by atoms with Gasteiger partial charge in [0.25, 0.3) is 0 Å². The topological polar surface area (TPSA) is 97.8 Å². The summed E-state index contributed by atoms with van der Waals surface area (Å²) in [5, 5.41) is 21.3. The molecule has 2 rings (SSSR count). The molecule has 0 aliphatic carbocycles. The number of nitrogens with one attached hydrogen (secondary N) is 4. The van der Waals surface area contributed by atoms with E-state index in [4.69, 9.17) is 16.6 Å². The number of benzene rings is 2. The number of hydrogen-bond acceptors (Lipinski definition) is 4. The fourth-order valence-corrected chi connectivity index (χ4v) is 2.38. The molecule has 0 heterocycles. The van der Waals surface area contributed by atoms with Gasteiger partial charge in [-0.05, 0) is 53.1 Å². The number of nitrogens with two attached hydrogens (primary N) is 1. The zero-order valence-electron chi connectivity index (χ0n) is 15.3. The minimum atomic E-state index is 0.0597. The average Bonchev–Trinajstić information content (AvgIpc) is 2.70. The molecule has 5 heteroatoms. The van der Waals surface area contributed by atoms with Crippen LogP contribution in [0.15, 0.2) is 85.0 Å². The van der Waals surface area contributed by atoms with Gasteiger partial charge in [-0.1, -0.05) is 37.4 Å². The van der Waals surface area contributed by atoms with Gasteiger partial charge in [-0.25, -0.2) is 0 Å². The zero-order valence-corrected chi connectivity index (χ0v) is 15.3. The van der Waals surface area contributed by atoms with E-state index in [1.54, 1.807) is 6.08 Å². The zero-order chi connectivity index (χ0) is 19.6. The standard InChI is InChI=1S/C22H25N5/c1-3-17(15-27-21-10-6-19(7-11-21)22(24)25)12-16(2)14-26-20-8-4-18(13-23)5-9-20/h3-13,23,26-27H,1-2,14-15H2,(H3,24,25)/b17-12+,23-13?. The van der Waals surface area contributed by atoms with Crippen molar-refractivity contribution in [1.82, 2.24) is 0 Å². The smallest absolute Gasteiger partial charge is 0.122 e. The normalized spacial score (nSPS) is 10.7. The van der Waals surface area contributed by atoms with Gasteiger partial charge in [0, 0.05) is 36.2 Å². The van der Waals surface area contributed by atoms with Gasteiger partial charge in [0.1, 0.15) is 5.84 Å². The molecule has 0 amide bonds. The summed E-state index contributed by atoms with van der Waals surface area (Å²) in [5.74, 6) is 0.0597. The highest BCUT2D eigenvalue weighted by Crippen LogP contribution is 2.12. The third kappa shape index (κ3) is 6.32. The van der Waals surface area contributed by atoms with Crippen LogP contribution < -0.4 is 16.4 Å². The van der Waals surface area contributed by atoms with Crippen LogP contribution in [0.3, 0.4) is 0 Å². The lowest BCUT2D eigenvalue weighted by molar-refractivity contribution is 1.22. The third-order valence-corrected chi connectivity index (χ3v) is 3.94. The second-order valence-electron chi connectivity index (χ2n) is 6.05. The fraction of sp³-hybridized carbons (Fsp3) is 0.0909. The largest absolute Gasteiger partial charge is 0.384 e. The van der Waals surface area contributed by atoms with Crippen molar-refractivity contribution in [2.45, 2.75) is 0 Å². The average molecular weight is 359 g/mol. The Labute approximate surface area is 160 Å². The molecule has 0 spiro atoms. The number of nitrogen functional groups attached to an aromatic ring is 1. The molecule has 0 saturated heterocycles. The van der Waals surface area contributed by atoms with Gasteiger partial charge >= 0.3 is 0 Å². The van der Waals surface area contributed by atoms with Gasteiger partial charge in [0.05, 0.1) is 0 Å². The van der Waals surface area contributed by atoms with Crippen molar-refractivity contribution >= 4 is 23.4 Å². The molecule has 0 aliphatic heterocycles. The Morgan fingerprint density at radius 2 is 1.52 bits per heavy atom. The Hall–Kier alpha value is -3.60. The predicted octanol–water partition coefficient (Wildman–Crippen LogP) is 4.16. The minimum absolute atomic E-state index is 0.0597. The summed E-state index contributed by atoms with van der Waals surface area (Å²) in [5.41, 5.74) is 10.9. The van der Waals surface area contributed by atoms with Gasteiger partial charge in [0.2, 0.25) is 0 Å². The first-order chi connectivity index (χ1) is 13.0. The van der Waals surface area contributed by atoms with Crippen molar-refractivity contribution in [3.8, 4) is 0 Å². The number of rotatable bonds is 10. The molecule has 0 aliphatic rings. The molecule has 2 aromatic rings. The minimum Gasteiger partial charge on any atom is -0.384 e. The van der Waals surface area contributed by atoms with Crippen molar-refractivity contribution in [3.05, 3.63) is 96.1 Å². The van der Waals surface area contributed by atoms with Crippen LogP contribution in [0, 0.1) is 10.8 Å². The van der Waals surface area contributed by atoms with E-state index in [9.17, 15) is 0 Å². The molecule has 0 fully saturated rings. The Balaban J connectivity index is 1.87. The molecule has 0 unspecified atom stereocenters. The molecule has 2 aromatic carbocycles. The first kappa shape index (κ1) is 19.7. The van der Waals surface area contributed by atoms with E-state index in [1.807, 2.05) is 54.6 Å². The van der Waals surface area contributed by atoms with Gasteiger partial charge in [-0.3, -0.25) is 5.41 Å². The van der Waals surface area contributed by atoms with E-state index >= 15 is 0 Å². The van der Waals surface area contributed by atoms with Gasteiger partial charge < -0.3 is 21.8 Å². The van der Waals surface area contributed by atoms with E-state index in [0.29, 0.717) is 18.7 Å². The highest BCUT2D eigenvalue weighted by atomic mass is 14.9. The van der Waals surface area contributed by atoms with Crippen LogP contribution >= 0.6 is 0 Å². The van der Waals surface area contributed by atoms with Crippen molar-refractivity contribution < 1.29 is 0 Å². The quantitative estimate of drug-likeness (QED) is 0.250. The molecule has 0 radical (unpaired) electrons.